The zero-order chi connectivity index (χ0) is 23.2. The Hall–Kier alpha value is -2.66. The lowest BCUT2D eigenvalue weighted by molar-refractivity contribution is 0.646. The fourth-order valence-corrected chi connectivity index (χ4v) is 1.80. The Morgan fingerprint density at radius 2 is 1.82 bits per heavy atom. The van der Waals surface area contributed by atoms with Crippen LogP contribution >= 0.6 is 0 Å². The Morgan fingerprint density at radius 1 is 1.18 bits per heavy atom. The van der Waals surface area contributed by atoms with Crippen LogP contribution in [0, 0.1) is 22.7 Å². The Labute approximate surface area is 142 Å². The van der Waals surface area contributed by atoms with Gasteiger partial charge in [-0.05, 0) is 44.2 Å². The van der Waals surface area contributed by atoms with Gasteiger partial charge in [0.25, 0.3) is 0 Å². The summed E-state index contributed by atoms with van der Waals surface area (Å²) in [6.07, 6.45) is 2.21. The van der Waals surface area contributed by atoms with Crippen molar-refractivity contribution in [2.75, 3.05) is 0 Å². The van der Waals surface area contributed by atoms with Crippen molar-refractivity contribution < 1.29 is 11.0 Å². The van der Waals surface area contributed by atoms with E-state index in [4.69, 9.17) is 11.0 Å². The van der Waals surface area contributed by atoms with Crippen molar-refractivity contribution in [3.05, 3.63) is 47.5 Å². The van der Waals surface area contributed by atoms with Crippen LogP contribution < -0.4 is 0 Å². The monoisotopic (exact) mass is 301 g/mol. The molecule has 0 radical (unpaired) electrons. The molecule has 22 heavy (non-hydrogen) atoms. The topological polar surface area (TPSA) is 78.3 Å². The second-order valence-electron chi connectivity index (χ2n) is 5.35. The minimum Gasteiger partial charge on any atom is -0.249 e. The quantitative estimate of drug-likeness (QED) is 0.869. The number of benzene rings is 1. The summed E-state index contributed by atoms with van der Waals surface area (Å²) in [4.78, 5) is 3.69. The maximum Gasteiger partial charge on any atom is 0.137 e. The summed E-state index contributed by atoms with van der Waals surface area (Å²) in [6.45, 7) is -5.86. The highest BCUT2D eigenvalue weighted by Crippen LogP contribution is 2.30. The van der Waals surface area contributed by atoms with Gasteiger partial charge in [-0.2, -0.15) is 15.6 Å². The Bertz CT molecular complexity index is 993. The van der Waals surface area contributed by atoms with Crippen LogP contribution in [-0.4, -0.2) is 14.8 Å². The summed E-state index contributed by atoms with van der Waals surface area (Å²) in [7, 11) is 0. The molecule has 0 saturated carbocycles. The van der Waals surface area contributed by atoms with Gasteiger partial charge in [0.05, 0.1) is 32.2 Å². The third kappa shape index (κ3) is 3.15. The van der Waals surface area contributed by atoms with Crippen LogP contribution in [0.5, 0.6) is 0 Å². The zero-order valence-corrected chi connectivity index (χ0v) is 12.1. The Kier molecular flexibility index (Phi) is 2.07. The standard InChI is InChI=1S/C17H19N5/c1-16(2,9-18)14-5-13(8-22-12-20-11-21-22)6-15(7-14)17(3,4)10-19/h5-7,11-12H,8H2,1-4H3/i1D3,2D3,8D2. The normalized spacial score (nSPS) is 18.9. The summed E-state index contributed by atoms with van der Waals surface area (Å²) >= 11 is 0. The summed E-state index contributed by atoms with van der Waals surface area (Å²) < 4.78 is 64.7. The molecule has 2 rings (SSSR count). The van der Waals surface area contributed by atoms with Crippen LogP contribution in [-0.2, 0) is 17.3 Å². The third-order valence-electron chi connectivity index (χ3n) is 3.20. The lowest BCUT2D eigenvalue weighted by Gasteiger charge is -2.23. The molecule has 0 fully saturated rings. The lowest BCUT2D eigenvalue weighted by Crippen LogP contribution is -2.20. The van der Waals surface area contributed by atoms with E-state index in [2.05, 4.69) is 10.1 Å². The molecule has 5 nitrogen and oxygen atoms in total. The Morgan fingerprint density at radius 3 is 2.32 bits per heavy atom. The van der Waals surface area contributed by atoms with Gasteiger partial charge >= 0.3 is 0 Å². The predicted molar refractivity (Wildman–Crippen MR) is 82.8 cm³/mol. The van der Waals surface area contributed by atoms with E-state index >= 15 is 0 Å². The van der Waals surface area contributed by atoms with Crippen LogP contribution in [0.4, 0.5) is 0 Å². The van der Waals surface area contributed by atoms with E-state index in [1.807, 2.05) is 6.07 Å². The molecule has 2 aromatic rings. The predicted octanol–water partition coefficient (Wildman–Crippen LogP) is 2.93. The summed E-state index contributed by atoms with van der Waals surface area (Å²) in [5.74, 6) is 0. The molecule has 0 saturated heterocycles. The second kappa shape index (κ2) is 5.61. The molecule has 0 aliphatic carbocycles. The largest absolute Gasteiger partial charge is 0.249 e. The minimum absolute atomic E-state index is 0.162. The highest BCUT2D eigenvalue weighted by Gasteiger charge is 2.26. The van der Waals surface area contributed by atoms with Gasteiger partial charge in [-0.25, -0.2) is 9.67 Å². The van der Waals surface area contributed by atoms with Gasteiger partial charge in [-0.3, -0.25) is 0 Å². The van der Waals surface area contributed by atoms with Crippen LogP contribution in [0.2, 0.25) is 0 Å². The Balaban J connectivity index is 2.98. The first-order valence-corrected chi connectivity index (χ1v) is 6.39. The summed E-state index contributed by atoms with van der Waals surface area (Å²) in [5.41, 5.74) is -4.60. The molecule has 1 heterocycles. The van der Waals surface area contributed by atoms with Gasteiger partial charge < -0.3 is 0 Å². The highest BCUT2D eigenvalue weighted by molar-refractivity contribution is 5.42. The number of nitrogens with zero attached hydrogens (tertiary/aromatic N) is 5. The number of nitriles is 2. The van der Waals surface area contributed by atoms with Gasteiger partial charge in [-0.1, -0.05) is 18.2 Å². The number of hydrogen-bond donors (Lipinski definition) is 0. The van der Waals surface area contributed by atoms with E-state index in [-0.39, 0.29) is 11.1 Å². The van der Waals surface area contributed by atoms with Crippen LogP contribution in [0.1, 0.15) is 55.2 Å². The maximum atomic E-state index is 9.77. The van der Waals surface area contributed by atoms with Gasteiger partial charge in [0.2, 0.25) is 0 Å². The molecule has 1 aromatic carbocycles. The minimum atomic E-state index is -3.26. The smallest absolute Gasteiger partial charge is 0.137 e. The zero-order valence-electron chi connectivity index (χ0n) is 20.1. The first-order valence-electron chi connectivity index (χ1n) is 10.4. The molecule has 0 atom stereocenters. The molecule has 5 heteroatoms. The number of rotatable bonds is 4. The van der Waals surface area contributed by atoms with Gasteiger partial charge in [0.15, 0.2) is 0 Å². The third-order valence-corrected chi connectivity index (χ3v) is 3.20. The van der Waals surface area contributed by atoms with Crippen molar-refractivity contribution in [2.45, 2.75) is 44.9 Å². The van der Waals surface area contributed by atoms with Crippen molar-refractivity contribution in [3.63, 3.8) is 0 Å². The molecule has 0 aliphatic heterocycles. The second-order valence-corrected chi connectivity index (χ2v) is 5.35. The SMILES string of the molecule is [2H]C([2H])(c1cc(C(C)(C)C#N)cc(C(C#N)(C([2H])([2H])[2H])C([2H])([2H])[2H])c1)n1cncn1. The first kappa shape index (κ1) is 8.10. The molecule has 112 valence electrons. The van der Waals surface area contributed by atoms with Crippen LogP contribution in [0.3, 0.4) is 0 Å². The van der Waals surface area contributed by atoms with Crippen LogP contribution in [0.15, 0.2) is 30.9 Å². The average Bonchev–Trinajstić information content (AvgIpc) is 3.15. The number of aromatic nitrogens is 3. The molecule has 0 unspecified atom stereocenters. The molecule has 0 bridgehead atoms. The fraction of sp³-hybridized carbons (Fsp3) is 0.412. The van der Waals surface area contributed by atoms with E-state index in [1.54, 1.807) is 0 Å². The van der Waals surface area contributed by atoms with E-state index < -0.39 is 36.6 Å². The molecular weight excluding hydrogens is 274 g/mol. The molecule has 0 amide bonds. The van der Waals surface area contributed by atoms with E-state index in [1.165, 1.54) is 32.0 Å². The van der Waals surface area contributed by atoms with E-state index in [9.17, 15) is 10.5 Å². The van der Waals surface area contributed by atoms with Crippen molar-refractivity contribution in [1.82, 2.24) is 14.8 Å². The average molecular weight is 301 g/mol. The molecule has 0 N–H and O–H groups in total. The van der Waals surface area contributed by atoms with Crippen molar-refractivity contribution in [2.24, 2.45) is 0 Å². The molecule has 1 aromatic heterocycles. The maximum absolute atomic E-state index is 9.77. The van der Waals surface area contributed by atoms with Crippen molar-refractivity contribution >= 4 is 0 Å². The number of hydrogen-bond acceptors (Lipinski definition) is 4. The van der Waals surface area contributed by atoms with Gasteiger partial charge in [0.1, 0.15) is 12.7 Å². The van der Waals surface area contributed by atoms with Crippen molar-refractivity contribution in [1.29, 1.82) is 10.5 Å². The summed E-state index contributed by atoms with van der Waals surface area (Å²) in [5, 5.41) is 23.1. The highest BCUT2D eigenvalue weighted by atomic mass is 15.3. The molecule has 0 spiro atoms. The molecule has 0 aliphatic rings. The van der Waals surface area contributed by atoms with Crippen molar-refractivity contribution in [3.8, 4) is 12.1 Å². The van der Waals surface area contributed by atoms with Crippen LogP contribution in [0.25, 0.3) is 0 Å². The fourth-order valence-electron chi connectivity index (χ4n) is 1.80. The van der Waals surface area contributed by atoms with E-state index in [0.717, 1.165) is 23.4 Å². The lowest BCUT2D eigenvalue weighted by atomic mass is 9.79. The molecular formula is C17H19N5. The van der Waals surface area contributed by atoms with E-state index in [0.29, 0.717) is 0 Å². The summed E-state index contributed by atoms with van der Waals surface area (Å²) in [6, 6.07) is 7.01. The van der Waals surface area contributed by atoms with Gasteiger partial charge in [0, 0.05) is 8.22 Å². The van der Waals surface area contributed by atoms with Gasteiger partial charge in [-0.15, -0.1) is 0 Å². The first-order chi connectivity index (χ1) is 13.5.